The highest BCUT2D eigenvalue weighted by molar-refractivity contribution is 5.31. The van der Waals surface area contributed by atoms with Crippen LogP contribution >= 0.6 is 0 Å². The molecule has 2 heteroatoms. The Morgan fingerprint density at radius 3 is 2.25 bits per heavy atom. The summed E-state index contributed by atoms with van der Waals surface area (Å²) in [7, 11) is 0. The topological polar surface area (TPSA) is 38.0 Å². The van der Waals surface area contributed by atoms with Gasteiger partial charge in [0.05, 0.1) is 0 Å². The molecule has 0 heterocycles. The van der Waals surface area contributed by atoms with Crippen LogP contribution in [0.3, 0.4) is 0 Å². The van der Waals surface area contributed by atoms with Crippen molar-refractivity contribution in [3.63, 3.8) is 0 Å². The number of hydrogen-bond acceptors (Lipinski definition) is 2. The third-order valence-corrected chi connectivity index (χ3v) is 5.22. The summed E-state index contributed by atoms with van der Waals surface area (Å²) in [5, 5.41) is 3.75. The van der Waals surface area contributed by atoms with Gasteiger partial charge in [-0.05, 0) is 80.5 Å². The highest BCUT2D eigenvalue weighted by Crippen LogP contribution is 2.48. The van der Waals surface area contributed by atoms with Crippen LogP contribution in [0.4, 0.5) is 0 Å². The van der Waals surface area contributed by atoms with Gasteiger partial charge in [-0.25, -0.2) is 0 Å². The molecular formula is C18H28N2. The van der Waals surface area contributed by atoms with Crippen LogP contribution in [0.2, 0.25) is 0 Å². The molecule has 0 saturated heterocycles. The van der Waals surface area contributed by atoms with E-state index in [9.17, 15) is 0 Å². The SMILES string of the molecule is Cc1ccc(C(CN)NCC(C2CC2)C2CC2)cc1C. The quantitative estimate of drug-likeness (QED) is 0.799. The van der Waals surface area contributed by atoms with E-state index in [1.807, 2.05) is 0 Å². The first-order valence-corrected chi connectivity index (χ1v) is 8.19. The van der Waals surface area contributed by atoms with Crippen molar-refractivity contribution in [1.82, 2.24) is 5.32 Å². The zero-order valence-electron chi connectivity index (χ0n) is 12.9. The Morgan fingerprint density at radius 1 is 1.10 bits per heavy atom. The normalized spacial score (nSPS) is 20.4. The fraction of sp³-hybridized carbons (Fsp3) is 0.667. The molecule has 2 fully saturated rings. The minimum atomic E-state index is 0.314. The average molecular weight is 272 g/mol. The van der Waals surface area contributed by atoms with Crippen LogP contribution in [-0.4, -0.2) is 13.1 Å². The molecule has 1 aromatic carbocycles. The Bertz CT molecular complexity index is 448. The predicted octanol–water partition coefficient (Wildman–Crippen LogP) is 3.33. The number of hydrogen-bond donors (Lipinski definition) is 2. The lowest BCUT2D eigenvalue weighted by atomic mass is 9.96. The van der Waals surface area contributed by atoms with E-state index in [1.54, 1.807) is 0 Å². The molecule has 2 nitrogen and oxygen atoms in total. The van der Waals surface area contributed by atoms with E-state index < -0.39 is 0 Å². The van der Waals surface area contributed by atoms with Crippen LogP contribution in [0.5, 0.6) is 0 Å². The molecule has 0 amide bonds. The molecule has 1 unspecified atom stereocenters. The lowest BCUT2D eigenvalue weighted by Crippen LogP contribution is -2.33. The number of nitrogens with one attached hydrogen (secondary N) is 1. The van der Waals surface area contributed by atoms with Crippen molar-refractivity contribution < 1.29 is 0 Å². The minimum Gasteiger partial charge on any atom is -0.329 e. The Hall–Kier alpha value is -0.860. The van der Waals surface area contributed by atoms with Gasteiger partial charge in [-0.1, -0.05) is 18.2 Å². The molecule has 2 saturated carbocycles. The van der Waals surface area contributed by atoms with E-state index in [-0.39, 0.29) is 0 Å². The minimum absolute atomic E-state index is 0.314. The fourth-order valence-electron chi connectivity index (χ4n) is 3.36. The Morgan fingerprint density at radius 2 is 1.75 bits per heavy atom. The van der Waals surface area contributed by atoms with Gasteiger partial charge in [0, 0.05) is 12.6 Å². The lowest BCUT2D eigenvalue weighted by molar-refractivity contribution is 0.357. The molecule has 1 atom stereocenters. The summed E-state index contributed by atoms with van der Waals surface area (Å²) in [6, 6.07) is 7.06. The number of rotatable bonds is 7. The van der Waals surface area contributed by atoms with Gasteiger partial charge < -0.3 is 11.1 Å². The van der Waals surface area contributed by atoms with E-state index in [0.717, 1.165) is 24.3 Å². The number of aryl methyl sites for hydroxylation is 2. The monoisotopic (exact) mass is 272 g/mol. The fourth-order valence-corrected chi connectivity index (χ4v) is 3.36. The van der Waals surface area contributed by atoms with Crippen LogP contribution < -0.4 is 11.1 Å². The van der Waals surface area contributed by atoms with E-state index in [1.165, 1.54) is 42.4 Å². The number of nitrogens with two attached hydrogens (primary N) is 1. The third kappa shape index (κ3) is 3.24. The van der Waals surface area contributed by atoms with Crippen LogP contribution in [0.15, 0.2) is 18.2 Å². The van der Waals surface area contributed by atoms with Gasteiger partial charge in [0.25, 0.3) is 0 Å². The molecule has 20 heavy (non-hydrogen) atoms. The molecule has 1 aromatic rings. The Kier molecular flexibility index (Phi) is 4.13. The van der Waals surface area contributed by atoms with Crippen molar-refractivity contribution >= 4 is 0 Å². The van der Waals surface area contributed by atoms with Crippen molar-refractivity contribution in [3.8, 4) is 0 Å². The van der Waals surface area contributed by atoms with Gasteiger partial charge in [0.15, 0.2) is 0 Å². The highest BCUT2D eigenvalue weighted by atomic mass is 14.9. The molecule has 2 aliphatic rings. The molecule has 0 aromatic heterocycles. The maximum absolute atomic E-state index is 6.00. The van der Waals surface area contributed by atoms with Gasteiger partial charge >= 0.3 is 0 Å². The average Bonchev–Trinajstić information content (AvgIpc) is 3.31. The smallest absolute Gasteiger partial charge is 0.0444 e. The molecule has 0 spiro atoms. The molecule has 0 bridgehead atoms. The summed E-state index contributed by atoms with van der Waals surface area (Å²) < 4.78 is 0. The summed E-state index contributed by atoms with van der Waals surface area (Å²) in [5.41, 5.74) is 10.1. The largest absolute Gasteiger partial charge is 0.329 e. The zero-order valence-corrected chi connectivity index (χ0v) is 12.9. The molecule has 2 aliphatic carbocycles. The molecular weight excluding hydrogens is 244 g/mol. The summed E-state index contributed by atoms with van der Waals surface area (Å²) in [6.45, 7) is 6.19. The Balaban J connectivity index is 1.62. The number of benzene rings is 1. The third-order valence-electron chi connectivity index (χ3n) is 5.22. The van der Waals surface area contributed by atoms with Crippen molar-refractivity contribution in [2.24, 2.45) is 23.5 Å². The van der Waals surface area contributed by atoms with Gasteiger partial charge in [0.2, 0.25) is 0 Å². The van der Waals surface area contributed by atoms with Crippen molar-refractivity contribution in [2.45, 2.75) is 45.6 Å². The molecule has 0 aliphatic heterocycles. The summed E-state index contributed by atoms with van der Waals surface area (Å²) in [4.78, 5) is 0. The van der Waals surface area contributed by atoms with Crippen LogP contribution in [-0.2, 0) is 0 Å². The van der Waals surface area contributed by atoms with E-state index in [0.29, 0.717) is 12.6 Å². The molecule has 3 rings (SSSR count). The first kappa shape index (κ1) is 14.1. The van der Waals surface area contributed by atoms with Crippen LogP contribution in [0.25, 0.3) is 0 Å². The summed E-state index contributed by atoms with van der Waals surface area (Å²) in [6.07, 6.45) is 5.83. The van der Waals surface area contributed by atoms with Gasteiger partial charge in [-0.2, -0.15) is 0 Å². The highest BCUT2D eigenvalue weighted by Gasteiger charge is 2.41. The summed E-state index contributed by atoms with van der Waals surface area (Å²) in [5.74, 6) is 2.93. The maximum Gasteiger partial charge on any atom is 0.0444 e. The van der Waals surface area contributed by atoms with Crippen molar-refractivity contribution in [3.05, 3.63) is 34.9 Å². The Labute approximate surface area is 123 Å². The van der Waals surface area contributed by atoms with Gasteiger partial charge in [-0.3, -0.25) is 0 Å². The van der Waals surface area contributed by atoms with E-state index in [4.69, 9.17) is 5.73 Å². The van der Waals surface area contributed by atoms with Crippen LogP contribution in [0.1, 0.15) is 48.4 Å². The van der Waals surface area contributed by atoms with Gasteiger partial charge in [-0.15, -0.1) is 0 Å². The van der Waals surface area contributed by atoms with E-state index in [2.05, 4.69) is 37.4 Å². The molecule has 0 radical (unpaired) electrons. The first-order valence-electron chi connectivity index (χ1n) is 8.19. The standard InChI is InChI=1S/C18H28N2/c1-12-3-4-16(9-13(12)2)18(10-19)20-11-17(14-5-6-14)15-7-8-15/h3-4,9,14-15,17-18,20H,5-8,10-11,19H2,1-2H3. The second-order valence-corrected chi connectivity index (χ2v) is 6.88. The maximum atomic E-state index is 6.00. The predicted molar refractivity (Wildman–Crippen MR) is 84.7 cm³/mol. The van der Waals surface area contributed by atoms with Gasteiger partial charge in [0.1, 0.15) is 0 Å². The summed E-state index contributed by atoms with van der Waals surface area (Å²) >= 11 is 0. The molecule has 3 N–H and O–H groups in total. The van der Waals surface area contributed by atoms with E-state index >= 15 is 0 Å². The first-order chi connectivity index (χ1) is 9.69. The lowest BCUT2D eigenvalue weighted by Gasteiger charge is -2.23. The second-order valence-electron chi connectivity index (χ2n) is 6.88. The van der Waals surface area contributed by atoms with Crippen molar-refractivity contribution in [2.75, 3.05) is 13.1 Å². The van der Waals surface area contributed by atoms with Crippen LogP contribution in [0, 0.1) is 31.6 Å². The van der Waals surface area contributed by atoms with Crippen molar-refractivity contribution in [1.29, 1.82) is 0 Å². The second kappa shape index (κ2) is 5.87. The zero-order chi connectivity index (χ0) is 14.1. The molecule has 110 valence electrons.